The minimum Gasteiger partial charge on any atom is -0.507 e. The van der Waals surface area contributed by atoms with Crippen molar-refractivity contribution in [3.63, 3.8) is 0 Å². The van der Waals surface area contributed by atoms with Crippen LogP contribution in [0.25, 0.3) is 132 Å². The number of rotatable bonds is 10. The molecule has 3 aromatic heterocycles. The molecule has 454 valence electrons. The van der Waals surface area contributed by atoms with Gasteiger partial charge in [0.1, 0.15) is 23.0 Å². The molecule has 8 nitrogen and oxygen atoms in total. The molecule has 0 atom stereocenters. The first-order chi connectivity index (χ1) is 43.1. The molecule has 4 N–H and O–H groups in total. The fourth-order valence-electron chi connectivity index (χ4n) is 14.8. The van der Waals surface area contributed by atoms with Crippen LogP contribution in [-0.2, 0) is 23.7 Å². The Bertz CT molecular complexity index is 4790. The number of phenolic OH excluding ortho intramolecular Hbond substituents is 2. The largest absolute Gasteiger partial charge is 0.507 e. The van der Waals surface area contributed by atoms with Crippen LogP contribution in [0.15, 0.2) is 133 Å². The molecule has 0 unspecified atom stereocenters. The number of aromatic nitrogens is 4. The molecule has 0 radical (unpaired) electrons. The maximum Gasteiger partial charge on any atom is 0.132 e. The van der Waals surface area contributed by atoms with E-state index in [2.05, 4.69) is 216 Å². The Kier molecular flexibility index (Phi) is 14.7. The third-order valence-corrected chi connectivity index (χ3v) is 19.7. The summed E-state index contributed by atoms with van der Waals surface area (Å²) in [6.07, 6.45) is 2.88. The molecule has 11 aromatic rings. The summed E-state index contributed by atoms with van der Waals surface area (Å²) in [6, 6.07) is 47.2. The minimum absolute atomic E-state index is 0.0679. The molecule has 8 heteroatoms. The Hall–Kier alpha value is -9.40. The van der Waals surface area contributed by atoms with Crippen LogP contribution in [-0.4, -0.2) is 44.4 Å². The minimum atomic E-state index is -0.0679. The number of nitrogens with zero attached hydrogens (tertiary/aromatic N) is 2. The van der Waals surface area contributed by atoms with Gasteiger partial charge in [0.25, 0.3) is 0 Å². The van der Waals surface area contributed by atoms with Gasteiger partial charge in [-0.3, -0.25) is 0 Å². The molecule has 0 spiro atoms. The Morgan fingerprint density at radius 3 is 1.13 bits per heavy atom. The predicted molar refractivity (Wildman–Crippen MR) is 380 cm³/mol. The normalized spacial score (nSPS) is 13.1. The SMILES string of the molecule is CCC1=C(C)c2nc1cc1[nH]c(c(C)c1CC)c(-c1cc3ccccc3c(-c3c(OC)ccc4cc(C(C)(C)C)ccc34)c1O)c1nc(cc3[nH]c(c(C)c3CC)c2-c2cc3ccccc3c(-c3c(OC)ccc4cc(C(C)(C)C)ccc34)c2O)C(CC)=C1C. The molecule has 0 saturated heterocycles. The van der Waals surface area contributed by atoms with Crippen molar-refractivity contribution in [2.45, 2.75) is 133 Å². The summed E-state index contributed by atoms with van der Waals surface area (Å²) >= 11 is 0. The highest BCUT2D eigenvalue weighted by Gasteiger charge is 2.32. The van der Waals surface area contributed by atoms with Crippen molar-refractivity contribution in [1.29, 1.82) is 0 Å². The number of methoxy groups -OCH3 is 2. The van der Waals surface area contributed by atoms with Gasteiger partial charge in [0.2, 0.25) is 0 Å². The second kappa shape index (κ2) is 22.3. The predicted octanol–water partition coefficient (Wildman–Crippen LogP) is 22.0. The second-order valence-corrected chi connectivity index (χ2v) is 26.8. The van der Waals surface area contributed by atoms with Gasteiger partial charge in [-0.05, 0) is 199 Å². The number of hydrogen-bond acceptors (Lipinski definition) is 6. The van der Waals surface area contributed by atoms with Crippen LogP contribution in [0.5, 0.6) is 23.0 Å². The number of ether oxygens (including phenoxy) is 2. The first-order valence-corrected chi connectivity index (χ1v) is 32.1. The number of allylic oxidation sites excluding steroid dienone is 4. The number of aromatic amines is 2. The number of H-pyrrole nitrogens is 2. The van der Waals surface area contributed by atoms with Gasteiger partial charge in [-0.2, -0.15) is 0 Å². The summed E-state index contributed by atoms with van der Waals surface area (Å²) in [5, 5.41) is 35.3. The molecule has 0 saturated carbocycles. The number of aromatic hydroxyl groups is 2. The van der Waals surface area contributed by atoms with E-state index in [1.165, 1.54) is 11.1 Å². The monoisotopic (exact) mass is 1190 g/mol. The number of fused-ring (bicyclic) bond motifs is 12. The average Bonchev–Trinajstić information content (AvgIpc) is 1.13. The summed E-state index contributed by atoms with van der Waals surface area (Å²) in [4.78, 5) is 19.7. The van der Waals surface area contributed by atoms with Crippen molar-refractivity contribution >= 4 is 87.4 Å². The first-order valence-electron chi connectivity index (χ1n) is 32.1. The molecular formula is C82H82N4O4. The van der Waals surface area contributed by atoms with E-state index < -0.39 is 0 Å². The van der Waals surface area contributed by atoms with Crippen LogP contribution < -0.4 is 9.47 Å². The van der Waals surface area contributed by atoms with Crippen molar-refractivity contribution in [2.75, 3.05) is 14.2 Å². The lowest BCUT2D eigenvalue weighted by atomic mass is 9.83. The third-order valence-electron chi connectivity index (χ3n) is 19.7. The molecule has 0 aliphatic carbocycles. The maximum absolute atomic E-state index is 13.7. The number of phenols is 2. The lowest BCUT2D eigenvalue weighted by Crippen LogP contribution is -2.10. The third kappa shape index (κ3) is 9.38. The summed E-state index contributed by atoms with van der Waals surface area (Å²) < 4.78 is 12.6. The summed E-state index contributed by atoms with van der Waals surface area (Å²) in [6.45, 7) is 31.1. The Balaban J connectivity index is 1.18. The Morgan fingerprint density at radius 2 is 0.778 bits per heavy atom. The highest BCUT2D eigenvalue weighted by atomic mass is 16.5. The molecule has 0 fully saturated rings. The van der Waals surface area contributed by atoms with Crippen LogP contribution in [0, 0.1) is 13.8 Å². The fraction of sp³-hybridized carbons (Fsp3) is 0.268. The van der Waals surface area contributed by atoms with Crippen molar-refractivity contribution < 1.29 is 19.7 Å². The first kappa shape index (κ1) is 59.6. The van der Waals surface area contributed by atoms with Crippen LogP contribution in [0.2, 0.25) is 0 Å². The summed E-state index contributed by atoms with van der Waals surface area (Å²) in [5.41, 5.74) is 24.0. The van der Waals surface area contributed by atoms with Gasteiger partial charge in [-0.15, -0.1) is 0 Å². The van der Waals surface area contributed by atoms with E-state index in [9.17, 15) is 10.2 Å². The Morgan fingerprint density at radius 1 is 0.411 bits per heavy atom. The number of hydrogen-bond donors (Lipinski definition) is 4. The molecule has 90 heavy (non-hydrogen) atoms. The van der Waals surface area contributed by atoms with Crippen LogP contribution in [0.3, 0.4) is 0 Å². The lowest BCUT2D eigenvalue weighted by Gasteiger charge is -2.22. The average molecular weight is 1190 g/mol. The molecule has 5 heterocycles. The summed E-state index contributed by atoms with van der Waals surface area (Å²) in [7, 11) is 3.43. The van der Waals surface area contributed by atoms with E-state index in [1.807, 2.05) is 24.3 Å². The zero-order chi connectivity index (χ0) is 63.6. The molecule has 2 aliphatic rings. The molecule has 2 aliphatic heterocycles. The van der Waals surface area contributed by atoms with E-state index in [1.54, 1.807) is 14.2 Å². The smallest absolute Gasteiger partial charge is 0.132 e. The molecule has 0 amide bonds. The maximum atomic E-state index is 13.7. The zero-order valence-electron chi connectivity index (χ0n) is 55.1. The zero-order valence-corrected chi connectivity index (χ0v) is 55.1. The van der Waals surface area contributed by atoms with Crippen molar-refractivity contribution in [1.82, 2.24) is 19.9 Å². The van der Waals surface area contributed by atoms with Gasteiger partial charge < -0.3 is 29.7 Å². The van der Waals surface area contributed by atoms with E-state index in [0.29, 0.717) is 46.6 Å². The van der Waals surface area contributed by atoms with Gasteiger partial charge in [0, 0.05) is 55.5 Å². The Labute approximate surface area is 529 Å². The highest BCUT2D eigenvalue weighted by molar-refractivity contribution is 6.16. The van der Waals surface area contributed by atoms with Crippen LogP contribution in [0.1, 0.15) is 152 Å². The fourth-order valence-corrected chi connectivity index (χ4v) is 14.8. The van der Waals surface area contributed by atoms with E-state index in [-0.39, 0.29) is 22.3 Å². The van der Waals surface area contributed by atoms with Crippen molar-refractivity contribution in [3.05, 3.63) is 190 Å². The molecule has 8 aromatic carbocycles. The van der Waals surface area contributed by atoms with Crippen molar-refractivity contribution in [3.8, 4) is 67.5 Å². The van der Waals surface area contributed by atoms with Gasteiger partial charge >= 0.3 is 0 Å². The van der Waals surface area contributed by atoms with Gasteiger partial charge in [0.15, 0.2) is 0 Å². The van der Waals surface area contributed by atoms with E-state index in [4.69, 9.17) is 19.4 Å². The standard InChI is InChI=1S/C82H82N4O4/c1-17-53-43(5)75-73(61-39-47-25-21-23-27-57(47)71(79(61)87)69-59-33-31-51(81(9,10)11)37-49(59)29-35-67(69)89-15)76-45(7)55(19-3)65(85-76)42-66-56(20-4)46(8)78(86-66)74(77-44(6)54(18-2)64(84-77)41-63(53)83-75)62-40-48-26-22-24-28-58(48)72(80(62)88)70-60-34-32-52(82(12,13)14)38-50(60)30-36-68(70)90-16/h21-42,83,86-88H,17-20H2,1-16H3. The topological polar surface area (TPSA) is 116 Å². The van der Waals surface area contributed by atoms with Crippen LogP contribution >= 0.6 is 0 Å². The summed E-state index contributed by atoms with van der Waals surface area (Å²) in [5.74, 6) is 1.64. The van der Waals surface area contributed by atoms with Gasteiger partial charge in [-0.25, -0.2) is 9.97 Å². The number of benzene rings is 8. The highest BCUT2D eigenvalue weighted by Crippen LogP contribution is 2.55. The van der Waals surface area contributed by atoms with Gasteiger partial charge in [0.05, 0.1) is 48.0 Å². The van der Waals surface area contributed by atoms with Crippen molar-refractivity contribution in [2.24, 2.45) is 0 Å². The molecule has 13 rings (SSSR count). The van der Waals surface area contributed by atoms with E-state index >= 15 is 0 Å². The molecule has 8 bridgehead atoms. The van der Waals surface area contributed by atoms with Gasteiger partial charge in [-0.1, -0.05) is 166 Å². The lowest BCUT2D eigenvalue weighted by molar-refractivity contribution is 0.416. The van der Waals surface area contributed by atoms with E-state index in [0.717, 1.165) is 168 Å². The second-order valence-electron chi connectivity index (χ2n) is 26.8. The number of nitrogens with one attached hydrogen (secondary N) is 2. The molecular weight excluding hydrogens is 1100 g/mol. The van der Waals surface area contributed by atoms with Crippen LogP contribution in [0.4, 0.5) is 0 Å². The quantitative estimate of drug-likeness (QED) is 0.108. The number of aryl methyl sites for hydroxylation is 4.